The third-order valence-corrected chi connectivity index (χ3v) is 4.86. The van der Waals surface area contributed by atoms with Crippen LogP contribution in [0, 0.1) is 6.92 Å². The summed E-state index contributed by atoms with van der Waals surface area (Å²) < 4.78 is 0.878. The molecule has 2 rings (SSSR count). The molecule has 1 unspecified atom stereocenters. The standard InChI is InChI=1S/C23H29NO/c1-5-15-24(4,16-6-2)17-14-21(20-10-8-7-9-11-20)22-18-19(3)12-13-23(22)25/h5-13,18,21H,1-2,14-17H2,3-4H3/p+1. The highest BCUT2D eigenvalue weighted by Gasteiger charge is 2.24. The molecule has 0 spiro atoms. The molecule has 0 saturated carbocycles. The highest BCUT2D eigenvalue weighted by Crippen LogP contribution is 2.35. The second kappa shape index (κ2) is 8.68. The van der Waals surface area contributed by atoms with Crippen LogP contribution in [0.15, 0.2) is 73.8 Å². The van der Waals surface area contributed by atoms with E-state index in [4.69, 9.17) is 0 Å². The maximum absolute atomic E-state index is 10.5. The van der Waals surface area contributed by atoms with E-state index in [2.05, 4.69) is 57.5 Å². The molecule has 0 aliphatic rings. The van der Waals surface area contributed by atoms with Crippen LogP contribution >= 0.6 is 0 Å². The van der Waals surface area contributed by atoms with E-state index < -0.39 is 0 Å². The summed E-state index contributed by atoms with van der Waals surface area (Å²) >= 11 is 0. The summed E-state index contributed by atoms with van der Waals surface area (Å²) in [4.78, 5) is 0. The van der Waals surface area contributed by atoms with Crippen molar-refractivity contribution in [3.8, 4) is 5.75 Å². The van der Waals surface area contributed by atoms with Gasteiger partial charge in [0.05, 0.1) is 26.7 Å². The van der Waals surface area contributed by atoms with Crippen LogP contribution in [0.4, 0.5) is 0 Å². The number of aryl methyl sites for hydroxylation is 1. The molecule has 0 fully saturated rings. The molecule has 0 saturated heterocycles. The zero-order valence-corrected chi connectivity index (χ0v) is 15.5. The first-order valence-corrected chi connectivity index (χ1v) is 8.89. The number of aromatic hydroxyl groups is 1. The van der Waals surface area contributed by atoms with Crippen LogP contribution in [0.25, 0.3) is 0 Å². The van der Waals surface area contributed by atoms with Crippen molar-refractivity contribution in [2.24, 2.45) is 0 Å². The van der Waals surface area contributed by atoms with E-state index in [9.17, 15) is 5.11 Å². The Morgan fingerprint density at radius 1 is 1.04 bits per heavy atom. The Morgan fingerprint density at radius 3 is 2.28 bits per heavy atom. The fraction of sp³-hybridized carbons (Fsp3) is 0.304. The molecule has 1 atom stereocenters. The van der Waals surface area contributed by atoms with Gasteiger partial charge in [-0.05, 0) is 30.7 Å². The van der Waals surface area contributed by atoms with Gasteiger partial charge in [0, 0.05) is 17.9 Å². The molecule has 25 heavy (non-hydrogen) atoms. The van der Waals surface area contributed by atoms with E-state index in [1.807, 2.05) is 30.4 Å². The number of hydrogen-bond acceptors (Lipinski definition) is 1. The maximum atomic E-state index is 10.5. The number of benzene rings is 2. The topological polar surface area (TPSA) is 20.2 Å². The Balaban J connectivity index is 2.34. The number of quaternary nitrogens is 1. The van der Waals surface area contributed by atoms with Crippen molar-refractivity contribution >= 4 is 0 Å². The quantitative estimate of drug-likeness (QED) is 0.502. The Bertz CT molecular complexity index is 695. The average Bonchev–Trinajstić information content (AvgIpc) is 2.59. The van der Waals surface area contributed by atoms with Crippen molar-refractivity contribution in [2.45, 2.75) is 19.3 Å². The third-order valence-electron chi connectivity index (χ3n) is 4.86. The van der Waals surface area contributed by atoms with E-state index in [1.54, 1.807) is 0 Å². The SMILES string of the molecule is C=CC[N+](C)(CC=C)CCC(c1ccccc1)c1cc(C)ccc1O. The van der Waals surface area contributed by atoms with Gasteiger partial charge in [-0.1, -0.05) is 61.2 Å². The van der Waals surface area contributed by atoms with Gasteiger partial charge in [-0.15, -0.1) is 0 Å². The smallest absolute Gasteiger partial charge is 0.119 e. The van der Waals surface area contributed by atoms with Crippen molar-refractivity contribution in [3.63, 3.8) is 0 Å². The Kier molecular flexibility index (Phi) is 6.60. The van der Waals surface area contributed by atoms with Gasteiger partial charge in [-0.3, -0.25) is 0 Å². The predicted octanol–water partition coefficient (Wildman–Crippen LogP) is 5.04. The normalized spacial score (nSPS) is 12.6. The molecule has 1 N–H and O–H groups in total. The zero-order valence-electron chi connectivity index (χ0n) is 15.5. The molecule has 0 aliphatic carbocycles. The Hall–Kier alpha value is -2.32. The summed E-state index contributed by atoms with van der Waals surface area (Å²) in [7, 11) is 2.24. The fourth-order valence-electron chi connectivity index (χ4n) is 3.46. The highest BCUT2D eigenvalue weighted by molar-refractivity contribution is 5.43. The number of phenolic OH excluding ortho intramolecular Hbond substituents is 1. The van der Waals surface area contributed by atoms with Gasteiger partial charge in [-0.2, -0.15) is 0 Å². The largest absolute Gasteiger partial charge is 0.508 e. The van der Waals surface area contributed by atoms with Gasteiger partial charge in [0.1, 0.15) is 5.75 Å². The number of nitrogens with zero attached hydrogens (tertiary/aromatic N) is 1. The molecule has 0 aromatic heterocycles. The summed E-state index contributed by atoms with van der Waals surface area (Å²) in [5.74, 6) is 0.550. The van der Waals surface area contributed by atoms with Crippen molar-refractivity contribution < 1.29 is 9.59 Å². The second-order valence-corrected chi connectivity index (χ2v) is 7.10. The van der Waals surface area contributed by atoms with Gasteiger partial charge < -0.3 is 9.59 Å². The number of likely N-dealkylation sites (N-methyl/N-ethyl adjacent to an activating group) is 1. The molecular weight excluding hydrogens is 306 g/mol. The molecule has 0 heterocycles. The average molecular weight is 336 g/mol. The molecule has 2 nitrogen and oxygen atoms in total. The number of phenols is 1. The van der Waals surface area contributed by atoms with Crippen LogP contribution in [0.1, 0.15) is 29.0 Å². The highest BCUT2D eigenvalue weighted by atomic mass is 16.3. The lowest BCUT2D eigenvalue weighted by atomic mass is 9.86. The molecule has 0 amide bonds. The van der Waals surface area contributed by atoms with E-state index in [0.717, 1.165) is 36.1 Å². The lowest BCUT2D eigenvalue weighted by Crippen LogP contribution is -2.45. The van der Waals surface area contributed by atoms with Gasteiger partial charge in [0.25, 0.3) is 0 Å². The molecule has 2 heteroatoms. The van der Waals surface area contributed by atoms with Crippen LogP contribution in [0.2, 0.25) is 0 Å². The van der Waals surface area contributed by atoms with E-state index in [-0.39, 0.29) is 5.92 Å². The van der Waals surface area contributed by atoms with Crippen molar-refractivity contribution in [1.29, 1.82) is 0 Å². The van der Waals surface area contributed by atoms with E-state index in [1.165, 1.54) is 11.1 Å². The van der Waals surface area contributed by atoms with Crippen LogP contribution in [-0.4, -0.2) is 36.3 Å². The van der Waals surface area contributed by atoms with Gasteiger partial charge in [0.15, 0.2) is 0 Å². The van der Waals surface area contributed by atoms with Crippen LogP contribution < -0.4 is 0 Å². The Labute approximate surface area is 152 Å². The minimum absolute atomic E-state index is 0.174. The van der Waals surface area contributed by atoms with Crippen LogP contribution in [0.3, 0.4) is 0 Å². The summed E-state index contributed by atoms with van der Waals surface area (Å²) in [6.07, 6.45) is 4.91. The van der Waals surface area contributed by atoms with Crippen molar-refractivity contribution in [1.82, 2.24) is 0 Å². The molecule has 132 valence electrons. The first-order valence-electron chi connectivity index (χ1n) is 8.89. The van der Waals surface area contributed by atoms with Crippen LogP contribution in [-0.2, 0) is 0 Å². The number of rotatable bonds is 9. The predicted molar refractivity (Wildman–Crippen MR) is 107 cm³/mol. The molecule has 2 aromatic rings. The second-order valence-electron chi connectivity index (χ2n) is 7.10. The lowest BCUT2D eigenvalue weighted by molar-refractivity contribution is -0.898. The molecule has 0 aliphatic heterocycles. The molecule has 0 bridgehead atoms. The van der Waals surface area contributed by atoms with E-state index in [0.29, 0.717) is 5.75 Å². The van der Waals surface area contributed by atoms with Crippen molar-refractivity contribution in [2.75, 3.05) is 26.7 Å². The summed E-state index contributed by atoms with van der Waals surface area (Å²) in [6.45, 7) is 12.7. The monoisotopic (exact) mass is 336 g/mol. The molecule has 0 radical (unpaired) electrons. The lowest BCUT2D eigenvalue weighted by Gasteiger charge is -2.34. The van der Waals surface area contributed by atoms with Gasteiger partial charge in [0.2, 0.25) is 0 Å². The molecule has 2 aromatic carbocycles. The summed E-state index contributed by atoms with van der Waals surface area (Å²) in [5.41, 5.74) is 3.42. The minimum atomic E-state index is 0.174. The Morgan fingerprint density at radius 2 is 1.68 bits per heavy atom. The number of hydrogen-bond donors (Lipinski definition) is 1. The van der Waals surface area contributed by atoms with E-state index >= 15 is 0 Å². The fourth-order valence-corrected chi connectivity index (χ4v) is 3.46. The van der Waals surface area contributed by atoms with Crippen LogP contribution in [0.5, 0.6) is 5.75 Å². The summed E-state index contributed by atoms with van der Waals surface area (Å²) in [6, 6.07) is 16.3. The maximum Gasteiger partial charge on any atom is 0.119 e. The molecular formula is C23H30NO+. The summed E-state index contributed by atoms with van der Waals surface area (Å²) in [5, 5.41) is 10.5. The first-order chi connectivity index (χ1) is 12.0. The minimum Gasteiger partial charge on any atom is -0.508 e. The van der Waals surface area contributed by atoms with Gasteiger partial charge >= 0.3 is 0 Å². The van der Waals surface area contributed by atoms with Gasteiger partial charge in [-0.25, -0.2) is 0 Å². The first kappa shape index (κ1) is 19.0. The third kappa shape index (κ3) is 5.07. The van der Waals surface area contributed by atoms with Crippen molar-refractivity contribution in [3.05, 3.63) is 90.5 Å². The zero-order chi connectivity index (χ0) is 18.3.